The van der Waals surface area contributed by atoms with Crippen LogP contribution in [0, 0.1) is 0 Å². The molecule has 0 spiro atoms. The van der Waals surface area contributed by atoms with Gasteiger partial charge in [-0.1, -0.05) is 0 Å². The average molecular weight is 354 g/mol. The SMILES string of the molecule is COC(=O)c1ccc(NC(=O)c2cncc(N3CCN(C)CC3)c2)cc1. The number of amides is 1. The Morgan fingerprint density at radius 2 is 1.73 bits per heavy atom. The molecule has 1 aromatic heterocycles. The molecule has 1 aliphatic heterocycles. The summed E-state index contributed by atoms with van der Waals surface area (Å²) < 4.78 is 4.66. The Bertz CT molecular complexity index is 784. The standard InChI is InChI=1S/C19H22N4O3/c1-22-7-9-23(10-8-22)17-11-15(12-20-13-17)18(24)21-16-5-3-14(4-6-16)19(25)26-2/h3-6,11-13H,7-10H2,1-2H3,(H,21,24). The first-order valence-corrected chi connectivity index (χ1v) is 8.45. The molecule has 1 N–H and O–H groups in total. The molecular weight excluding hydrogens is 332 g/mol. The molecule has 26 heavy (non-hydrogen) atoms. The number of methoxy groups -OCH3 is 1. The summed E-state index contributed by atoms with van der Waals surface area (Å²) in [6, 6.07) is 8.42. The minimum Gasteiger partial charge on any atom is -0.465 e. The molecule has 1 aliphatic rings. The lowest BCUT2D eigenvalue weighted by Crippen LogP contribution is -2.44. The van der Waals surface area contributed by atoms with Crippen LogP contribution in [0.15, 0.2) is 42.7 Å². The van der Waals surface area contributed by atoms with Crippen molar-refractivity contribution in [2.75, 3.05) is 50.6 Å². The summed E-state index contributed by atoms with van der Waals surface area (Å²) in [6.07, 6.45) is 3.34. The van der Waals surface area contributed by atoms with E-state index in [1.807, 2.05) is 6.07 Å². The number of hydrogen-bond donors (Lipinski definition) is 1. The Balaban J connectivity index is 1.68. The lowest BCUT2D eigenvalue weighted by molar-refractivity contribution is 0.0600. The molecule has 0 radical (unpaired) electrons. The fourth-order valence-corrected chi connectivity index (χ4v) is 2.80. The number of nitrogens with zero attached hydrogens (tertiary/aromatic N) is 3. The molecule has 0 unspecified atom stereocenters. The van der Waals surface area contributed by atoms with Crippen LogP contribution in [0.25, 0.3) is 0 Å². The maximum Gasteiger partial charge on any atom is 0.337 e. The first-order chi connectivity index (χ1) is 12.6. The second kappa shape index (κ2) is 7.97. The van der Waals surface area contributed by atoms with Crippen molar-refractivity contribution in [2.45, 2.75) is 0 Å². The van der Waals surface area contributed by atoms with Gasteiger partial charge in [0.1, 0.15) is 0 Å². The first kappa shape index (κ1) is 17.9. The highest BCUT2D eigenvalue weighted by atomic mass is 16.5. The fraction of sp³-hybridized carbons (Fsp3) is 0.316. The summed E-state index contributed by atoms with van der Waals surface area (Å²) in [7, 11) is 3.43. The van der Waals surface area contributed by atoms with Crippen LogP contribution < -0.4 is 10.2 Å². The summed E-state index contributed by atoms with van der Waals surface area (Å²) in [5.41, 5.74) is 2.49. The zero-order chi connectivity index (χ0) is 18.5. The quantitative estimate of drug-likeness (QED) is 0.845. The van der Waals surface area contributed by atoms with Gasteiger partial charge in [-0.3, -0.25) is 9.78 Å². The van der Waals surface area contributed by atoms with Gasteiger partial charge in [-0.15, -0.1) is 0 Å². The number of rotatable bonds is 4. The third-order valence-corrected chi connectivity index (χ3v) is 4.42. The summed E-state index contributed by atoms with van der Waals surface area (Å²) in [5.74, 6) is -0.647. The zero-order valence-electron chi connectivity index (χ0n) is 14.9. The van der Waals surface area contributed by atoms with Gasteiger partial charge >= 0.3 is 5.97 Å². The molecule has 0 saturated carbocycles. The third kappa shape index (κ3) is 4.18. The van der Waals surface area contributed by atoms with Crippen molar-refractivity contribution in [1.82, 2.24) is 9.88 Å². The number of nitrogens with one attached hydrogen (secondary N) is 1. The van der Waals surface area contributed by atoms with Crippen LogP contribution in [0.5, 0.6) is 0 Å². The van der Waals surface area contributed by atoms with Gasteiger partial charge in [-0.05, 0) is 37.4 Å². The van der Waals surface area contributed by atoms with E-state index in [0.717, 1.165) is 31.9 Å². The van der Waals surface area contributed by atoms with Crippen LogP contribution in [0.1, 0.15) is 20.7 Å². The second-order valence-electron chi connectivity index (χ2n) is 6.25. The molecule has 1 fully saturated rings. The van der Waals surface area contributed by atoms with E-state index in [1.54, 1.807) is 36.7 Å². The van der Waals surface area contributed by atoms with E-state index in [1.165, 1.54) is 7.11 Å². The predicted octanol–water partition coefficient (Wildman–Crippen LogP) is 1.87. The third-order valence-electron chi connectivity index (χ3n) is 4.42. The van der Waals surface area contributed by atoms with E-state index < -0.39 is 5.97 Å². The maximum atomic E-state index is 12.5. The molecule has 3 rings (SSSR count). The predicted molar refractivity (Wildman–Crippen MR) is 99.7 cm³/mol. The molecule has 2 heterocycles. The number of ether oxygens (including phenoxy) is 1. The number of aromatic nitrogens is 1. The van der Waals surface area contributed by atoms with Crippen molar-refractivity contribution in [3.8, 4) is 0 Å². The number of piperazine rings is 1. The number of benzene rings is 1. The van der Waals surface area contributed by atoms with E-state index in [4.69, 9.17) is 0 Å². The van der Waals surface area contributed by atoms with Gasteiger partial charge in [0.25, 0.3) is 5.91 Å². The number of carbonyl (C=O) groups is 2. The highest BCUT2D eigenvalue weighted by Crippen LogP contribution is 2.18. The molecule has 2 aromatic rings. The highest BCUT2D eigenvalue weighted by molar-refractivity contribution is 6.04. The van der Waals surface area contributed by atoms with E-state index in [2.05, 4.69) is 31.9 Å². The molecule has 0 bridgehead atoms. The van der Waals surface area contributed by atoms with Crippen LogP contribution in [-0.2, 0) is 4.74 Å². The molecular formula is C19H22N4O3. The van der Waals surface area contributed by atoms with Gasteiger partial charge < -0.3 is 19.9 Å². The topological polar surface area (TPSA) is 74.8 Å². The molecule has 1 aromatic carbocycles. The van der Waals surface area contributed by atoms with Crippen LogP contribution in [0.3, 0.4) is 0 Å². The maximum absolute atomic E-state index is 12.5. The molecule has 7 heteroatoms. The summed E-state index contributed by atoms with van der Waals surface area (Å²) in [6.45, 7) is 3.81. The van der Waals surface area contributed by atoms with Crippen LogP contribution in [-0.4, -0.2) is 62.1 Å². The van der Waals surface area contributed by atoms with Crippen molar-refractivity contribution >= 4 is 23.3 Å². The molecule has 7 nitrogen and oxygen atoms in total. The van der Waals surface area contributed by atoms with Gasteiger partial charge in [-0.25, -0.2) is 4.79 Å². The summed E-state index contributed by atoms with van der Waals surface area (Å²) >= 11 is 0. The highest BCUT2D eigenvalue weighted by Gasteiger charge is 2.16. The molecule has 1 amide bonds. The van der Waals surface area contributed by atoms with E-state index in [-0.39, 0.29) is 5.91 Å². The number of carbonyl (C=O) groups excluding carboxylic acids is 2. The number of esters is 1. The van der Waals surface area contributed by atoms with Gasteiger partial charge in [0, 0.05) is 38.1 Å². The lowest BCUT2D eigenvalue weighted by Gasteiger charge is -2.33. The van der Waals surface area contributed by atoms with Crippen LogP contribution in [0.2, 0.25) is 0 Å². The number of anilines is 2. The monoisotopic (exact) mass is 354 g/mol. The Labute approximate surface area is 152 Å². The minimum atomic E-state index is -0.410. The number of hydrogen-bond acceptors (Lipinski definition) is 6. The molecule has 0 atom stereocenters. The Morgan fingerprint density at radius 1 is 1.04 bits per heavy atom. The molecule has 1 saturated heterocycles. The van der Waals surface area contributed by atoms with Gasteiger partial charge in [0.2, 0.25) is 0 Å². The first-order valence-electron chi connectivity index (χ1n) is 8.45. The van der Waals surface area contributed by atoms with Gasteiger partial charge in [-0.2, -0.15) is 0 Å². The van der Waals surface area contributed by atoms with Crippen molar-refractivity contribution < 1.29 is 14.3 Å². The van der Waals surface area contributed by atoms with E-state index in [9.17, 15) is 9.59 Å². The van der Waals surface area contributed by atoms with Crippen molar-refractivity contribution in [3.63, 3.8) is 0 Å². The average Bonchev–Trinajstić information content (AvgIpc) is 2.68. The lowest BCUT2D eigenvalue weighted by atomic mass is 10.2. The van der Waals surface area contributed by atoms with Crippen LogP contribution >= 0.6 is 0 Å². The normalized spacial score (nSPS) is 14.8. The van der Waals surface area contributed by atoms with E-state index in [0.29, 0.717) is 16.8 Å². The van der Waals surface area contributed by atoms with Crippen LogP contribution in [0.4, 0.5) is 11.4 Å². The number of likely N-dealkylation sites (N-methyl/N-ethyl adjacent to an activating group) is 1. The summed E-state index contributed by atoms with van der Waals surface area (Å²) in [5, 5.41) is 2.82. The summed E-state index contributed by atoms with van der Waals surface area (Å²) in [4.78, 5) is 32.7. The molecule has 136 valence electrons. The fourth-order valence-electron chi connectivity index (χ4n) is 2.80. The Hall–Kier alpha value is -2.93. The largest absolute Gasteiger partial charge is 0.465 e. The van der Waals surface area contributed by atoms with Gasteiger partial charge in [0.05, 0.1) is 30.1 Å². The Morgan fingerprint density at radius 3 is 2.38 bits per heavy atom. The van der Waals surface area contributed by atoms with Crippen molar-refractivity contribution in [3.05, 3.63) is 53.9 Å². The van der Waals surface area contributed by atoms with Crippen molar-refractivity contribution in [1.29, 1.82) is 0 Å². The van der Waals surface area contributed by atoms with Gasteiger partial charge in [0.15, 0.2) is 0 Å². The van der Waals surface area contributed by atoms with E-state index >= 15 is 0 Å². The number of pyridine rings is 1. The Kier molecular flexibility index (Phi) is 5.48. The smallest absolute Gasteiger partial charge is 0.337 e. The minimum absolute atomic E-state index is 0.237. The molecule has 0 aliphatic carbocycles. The van der Waals surface area contributed by atoms with Crippen molar-refractivity contribution in [2.24, 2.45) is 0 Å². The zero-order valence-corrected chi connectivity index (χ0v) is 14.9. The second-order valence-corrected chi connectivity index (χ2v) is 6.25.